The number of carbonyl (C=O) groups excluding carboxylic acids is 1. The van der Waals surface area contributed by atoms with Gasteiger partial charge >= 0.3 is 0 Å². The summed E-state index contributed by atoms with van der Waals surface area (Å²) in [5.74, 6) is 0.309. The molecule has 1 amide bonds. The highest BCUT2D eigenvalue weighted by Crippen LogP contribution is 2.11. The molecule has 6 nitrogen and oxygen atoms in total. The van der Waals surface area contributed by atoms with Gasteiger partial charge in [-0.25, -0.2) is 13.4 Å². The molecule has 1 fully saturated rings. The fourth-order valence-electron chi connectivity index (χ4n) is 2.09. The van der Waals surface area contributed by atoms with Gasteiger partial charge in [0.2, 0.25) is 0 Å². The molecule has 1 aliphatic heterocycles. The monoisotopic (exact) mass is 271 g/mol. The molecular weight excluding hydrogens is 254 g/mol. The maximum Gasteiger partial charge on any atom is 0.289 e. The van der Waals surface area contributed by atoms with Crippen LogP contribution in [0.25, 0.3) is 0 Å². The summed E-state index contributed by atoms with van der Waals surface area (Å²) in [4.78, 5) is 17.9. The average Bonchev–Trinajstić information content (AvgIpc) is 2.69. The van der Waals surface area contributed by atoms with Crippen LogP contribution in [0.15, 0.2) is 6.20 Å². The van der Waals surface area contributed by atoms with Gasteiger partial charge in [-0.3, -0.25) is 4.79 Å². The molecule has 0 unspecified atom stereocenters. The first-order chi connectivity index (χ1) is 8.44. The zero-order valence-corrected chi connectivity index (χ0v) is 11.4. The standard InChI is InChI=1S/C11H17N3O3S/c1-3-14-9(2)8-12-10(14)11(15)13-4-6-18(16,17)7-5-13/h8H,3-7H2,1-2H3. The smallest absolute Gasteiger partial charge is 0.289 e. The van der Waals surface area contributed by atoms with E-state index in [9.17, 15) is 13.2 Å². The van der Waals surface area contributed by atoms with Crippen molar-refractivity contribution in [3.05, 3.63) is 17.7 Å². The van der Waals surface area contributed by atoms with Crippen molar-refractivity contribution < 1.29 is 13.2 Å². The average molecular weight is 271 g/mol. The van der Waals surface area contributed by atoms with E-state index in [1.165, 1.54) is 0 Å². The Kier molecular flexibility index (Phi) is 3.43. The minimum atomic E-state index is -2.96. The fraction of sp³-hybridized carbons (Fsp3) is 0.636. The third-order valence-electron chi connectivity index (χ3n) is 3.19. The number of sulfone groups is 1. The summed E-state index contributed by atoms with van der Waals surface area (Å²) in [6, 6.07) is 0. The molecule has 0 aromatic carbocycles. The van der Waals surface area contributed by atoms with E-state index in [1.807, 2.05) is 18.4 Å². The summed E-state index contributed by atoms with van der Waals surface area (Å²) in [6.07, 6.45) is 1.66. The number of rotatable bonds is 2. The Hall–Kier alpha value is -1.37. The molecule has 0 bridgehead atoms. The second-order valence-electron chi connectivity index (χ2n) is 4.41. The maximum absolute atomic E-state index is 12.3. The van der Waals surface area contributed by atoms with Crippen molar-refractivity contribution in [1.29, 1.82) is 0 Å². The van der Waals surface area contributed by atoms with Crippen LogP contribution in [0.3, 0.4) is 0 Å². The molecule has 100 valence electrons. The molecule has 2 heterocycles. The molecule has 0 spiro atoms. The number of hydrogen-bond acceptors (Lipinski definition) is 4. The first-order valence-electron chi connectivity index (χ1n) is 5.96. The zero-order valence-electron chi connectivity index (χ0n) is 10.6. The number of aryl methyl sites for hydroxylation is 1. The molecule has 0 atom stereocenters. The van der Waals surface area contributed by atoms with Gasteiger partial charge in [0.15, 0.2) is 15.7 Å². The van der Waals surface area contributed by atoms with Gasteiger partial charge in [0.05, 0.1) is 11.5 Å². The summed E-state index contributed by atoms with van der Waals surface area (Å²) < 4.78 is 24.5. The van der Waals surface area contributed by atoms with E-state index in [2.05, 4.69) is 4.98 Å². The van der Waals surface area contributed by atoms with Crippen LogP contribution in [-0.2, 0) is 16.4 Å². The lowest BCUT2D eigenvalue weighted by Crippen LogP contribution is -2.44. The normalized spacial score (nSPS) is 18.9. The van der Waals surface area contributed by atoms with Gasteiger partial charge in [-0.05, 0) is 13.8 Å². The predicted molar refractivity (Wildman–Crippen MR) is 67.2 cm³/mol. The Morgan fingerprint density at radius 1 is 1.39 bits per heavy atom. The molecule has 0 saturated carbocycles. The van der Waals surface area contributed by atoms with E-state index in [4.69, 9.17) is 0 Å². The second kappa shape index (κ2) is 4.72. The molecule has 18 heavy (non-hydrogen) atoms. The maximum atomic E-state index is 12.3. The van der Waals surface area contributed by atoms with Crippen molar-refractivity contribution in [3.63, 3.8) is 0 Å². The molecule has 0 aliphatic carbocycles. The molecule has 0 N–H and O–H groups in total. The number of hydrogen-bond donors (Lipinski definition) is 0. The number of aromatic nitrogens is 2. The van der Waals surface area contributed by atoms with Gasteiger partial charge in [-0.15, -0.1) is 0 Å². The predicted octanol–water partition coefficient (Wildman–Crippen LogP) is 0.0820. The van der Waals surface area contributed by atoms with E-state index >= 15 is 0 Å². The van der Waals surface area contributed by atoms with Gasteiger partial charge in [-0.2, -0.15) is 0 Å². The Bertz CT molecular complexity index is 548. The molecule has 2 rings (SSSR count). The van der Waals surface area contributed by atoms with E-state index in [0.717, 1.165) is 5.69 Å². The first-order valence-corrected chi connectivity index (χ1v) is 7.78. The Morgan fingerprint density at radius 2 is 2.00 bits per heavy atom. The SMILES string of the molecule is CCn1c(C)cnc1C(=O)N1CCS(=O)(=O)CC1. The molecule has 1 aliphatic rings. The van der Waals surface area contributed by atoms with Crippen LogP contribution in [0.5, 0.6) is 0 Å². The largest absolute Gasteiger partial charge is 0.334 e. The lowest BCUT2D eigenvalue weighted by molar-refractivity contribution is 0.0753. The summed E-state index contributed by atoms with van der Waals surface area (Å²) in [6.45, 7) is 5.05. The van der Waals surface area contributed by atoms with Gasteiger partial charge in [0, 0.05) is 31.5 Å². The summed E-state index contributed by atoms with van der Waals surface area (Å²) in [5, 5.41) is 0. The number of carbonyl (C=O) groups is 1. The van der Waals surface area contributed by atoms with Crippen molar-refractivity contribution in [2.24, 2.45) is 0 Å². The van der Waals surface area contributed by atoms with E-state index in [-0.39, 0.29) is 30.5 Å². The van der Waals surface area contributed by atoms with Crippen LogP contribution in [-0.4, -0.2) is 53.4 Å². The minimum Gasteiger partial charge on any atom is -0.334 e. The van der Waals surface area contributed by atoms with Gasteiger partial charge in [-0.1, -0.05) is 0 Å². The molecule has 1 aromatic rings. The highest BCUT2D eigenvalue weighted by atomic mass is 32.2. The Labute approximate surface area is 107 Å². The Balaban J connectivity index is 2.17. The zero-order chi connectivity index (χ0) is 13.3. The Morgan fingerprint density at radius 3 is 2.56 bits per heavy atom. The molecule has 7 heteroatoms. The number of nitrogens with zero attached hydrogens (tertiary/aromatic N) is 3. The first kappa shape index (κ1) is 13.1. The molecule has 1 aromatic heterocycles. The van der Waals surface area contributed by atoms with Crippen molar-refractivity contribution in [1.82, 2.24) is 14.5 Å². The van der Waals surface area contributed by atoms with Crippen LogP contribution in [0.2, 0.25) is 0 Å². The van der Waals surface area contributed by atoms with Crippen molar-refractivity contribution in [3.8, 4) is 0 Å². The third-order valence-corrected chi connectivity index (χ3v) is 4.80. The summed E-state index contributed by atoms with van der Waals surface area (Å²) >= 11 is 0. The van der Waals surface area contributed by atoms with E-state index in [1.54, 1.807) is 11.1 Å². The van der Waals surface area contributed by atoms with Crippen LogP contribution in [0.4, 0.5) is 0 Å². The van der Waals surface area contributed by atoms with Crippen molar-refractivity contribution >= 4 is 15.7 Å². The van der Waals surface area contributed by atoms with Crippen LogP contribution < -0.4 is 0 Å². The van der Waals surface area contributed by atoms with E-state index in [0.29, 0.717) is 12.4 Å². The van der Waals surface area contributed by atoms with Gasteiger partial charge < -0.3 is 9.47 Å². The number of amides is 1. The topological polar surface area (TPSA) is 72.3 Å². The van der Waals surface area contributed by atoms with Crippen molar-refractivity contribution in [2.45, 2.75) is 20.4 Å². The van der Waals surface area contributed by atoms with Crippen LogP contribution >= 0.6 is 0 Å². The van der Waals surface area contributed by atoms with Crippen LogP contribution in [0.1, 0.15) is 23.2 Å². The quantitative estimate of drug-likeness (QED) is 0.764. The molecular formula is C11H17N3O3S. The second-order valence-corrected chi connectivity index (χ2v) is 6.72. The summed E-state index contributed by atoms with van der Waals surface area (Å²) in [5.41, 5.74) is 0.936. The highest BCUT2D eigenvalue weighted by molar-refractivity contribution is 7.91. The third kappa shape index (κ3) is 2.40. The lowest BCUT2D eigenvalue weighted by Gasteiger charge is -2.26. The minimum absolute atomic E-state index is 0.0462. The van der Waals surface area contributed by atoms with Gasteiger partial charge in [0.1, 0.15) is 0 Å². The van der Waals surface area contributed by atoms with Crippen molar-refractivity contribution in [2.75, 3.05) is 24.6 Å². The molecule has 0 radical (unpaired) electrons. The van der Waals surface area contributed by atoms with Crippen LogP contribution in [0, 0.1) is 6.92 Å². The van der Waals surface area contributed by atoms with Gasteiger partial charge in [0.25, 0.3) is 5.91 Å². The fourth-order valence-corrected chi connectivity index (χ4v) is 3.29. The molecule has 1 saturated heterocycles. The number of imidazole rings is 1. The van der Waals surface area contributed by atoms with E-state index < -0.39 is 9.84 Å². The highest BCUT2D eigenvalue weighted by Gasteiger charge is 2.28. The summed E-state index contributed by atoms with van der Waals surface area (Å²) in [7, 11) is -2.96. The lowest BCUT2D eigenvalue weighted by atomic mass is 10.4.